The first kappa shape index (κ1) is 16.9. The lowest BCUT2D eigenvalue weighted by Gasteiger charge is -2.17. The van der Waals surface area contributed by atoms with Gasteiger partial charge in [-0.2, -0.15) is 0 Å². The van der Waals surface area contributed by atoms with Crippen molar-refractivity contribution in [3.63, 3.8) is 0 Å². The summed E-state index contributed by atoms with van der Waals surface area (Å²) in [5, 5.41) is 6.25. The topological polar surface area (TPSA) is 54.5 Å². The SMILES string of the molecule is CCOC(=O)CCc1csc(NCCN(CC)CC)n1. The zero-order valence-corrected chi connectivity index (χ0v) is 13.5. The van der Waals surface area contributed by atoms with Gasteiger partial charge in [0.05, 0.1) is 18.7 Å². The Morgan fingerprint density at radius 3 is 2.80 bits per heavy atom. The highest BCUT2D eigenvalue weighted by Crippen LogP contribution is 2.16. The van der Waals surface area contributed by atoms with E-state index in [1.165, 1.54) is 0 Å². The largest absolute Gasteiger partial charge is 0.466 e. The van der Waals surface area contributed by atoms with Crippen LogP contribution in [0.4, 0.5) is 5.13 Å². The Morgan fingerprint density at radius 2 is 2.15 bits per heavy atom. The van der Waals surface area contributed by atoms with Gasteiger partial charge < -0.3 is 15.0 Å². The molecule has 0 spiro atoms. The average Bonchev–Trinajstić information content (AvgIpc) is 2.90. The predicted molar refractivity (Wildman–Crippen MR) is 83.3 cm³/mol. The summed E-state index contributed by atoms with van der Waals surface area (Å²) >= 11 is 1.59. The van der Waals surface area contributed by atoms with Crippen LogP contribution in [-0.4, -0.2) is 48.6 Å². The number of hydrogen-bond donors (Lipinski definition) is 1. The van der Waals surface area contributed by atoms with E-state index >= 15 is 0 Å². The van der Waals surface area contributed by atoms with Gasteiger partial charge in [-0.05, 0) is 20.0 Å². The molecule has 0 aromatic carbocycles. The Balaban J connectivity index is 2.27. The minimum atomic E-state index is -0.156. The Bertz CT molecular complexity index is 392. The predicted octanol–water partition coefficient (Wildman–Crippen LogP) is 2.39. The number of likely N-dealkylation sites (N-methyl/N-ethyl adjacent to an activating group) is 1. The lowest BCUT2D eigenvalue weighted by atomic mass is 10.2. The van der Waals surface area contributed by atoms with E-state index in [2.05, 4.69) is 29.0 Å². The van der Waals surface area contributed by atoms with Crippen molar-refractivity contribution < 1.29 is 9.53 Å². The molecular weight excluding hydrogens is 274 g/mol. The number of hydrogen-bond acceptors (Lipinski definition) is 6. The summed E-state index contributed by atoms with van der Waals surface area (Å²) in [5.41, 5.74) is 0.952. The maximum Gasteiger partial charge on any atom is 0.306 e. The molecule has 0 bridgehead atoms. The summed E-state index contributed by atoms with van der Waals surface area (Å²) in [6, 6.07) is 0. The van der Waals surface area contributed by atoms with Gasteiger partial charge in [-0.3, -0.25) is 4.79 Å². The summed E-state index contributed by atoms with van der Waals surface area (Å²) in [6.45, 7) is 10.6. The van der Waals surface area contributed by atoms with Crippen LogP contribution in [0.3, 0.4) is 0 Å². The van der Waals surface area contributed by atoms with Gasteiger partial charge in [0.15, 0.2) is 5.13 Å². The number of carbonyl (C=O) groups excluding carboxylic acids is 1. The second-order valence-corrected chi connectivity index (χ2v) is 5.26. The van der Waals surface area contributed by atoms with Crippen LogP contribution in [0.25, 0.3) is 0 Å². The number of anilines is 1. The van der Waals surface area contributed by atoms with Crippen LogP contribution in [0.5, 0.6) is 0 Å². The third kappa shape index (κ3) is 6.34. The van der Waals surface area contributed by atoms with Gasteiger partial charge >= 0.3 is 5.97 Å². The molecule has 0 radical (unpaired) electrons. The van der Waals surface area contributed by atoms with E-state index in [1.807, 2.05) is 12.3 Å². The van der Waals surface area contributed by atoms with Crippen LogP contribution < -0.4 is 5.32 Å². The number of aromatic nitrogens is 1. The highest BCUT2D eigenvalue weighted by atomic mass is 32.1. The maximum absolute atomic E-state index is 11.3. The summed E-state index contributed by atoms with van der Waals surface area (Å²) in [5.74, 6) is -0.156. The molecule has 0 saturated carbocycles. The smallest absolute Gasteiger partial charge is 0.306 e. The van der Waals surface area contributed by atoms with E-state index in [0.29, 0.717) is 19.4 Å². The molecule has 114 valence electrons. The molecule has 0 aliphatic carbocycles. The van der Waals surface area contributed by atoms with Gasteiger partial charge in [-0.15, -0.1) is 11.3 Å². The Morgan fingerprint density at radius 1 is 1.40 bits per heavy atom. The summed E-state index contributed by atoms with van der Waals surface area (Å²) in [7, 11) is 0. The highest BCUT2D eigenvalue weighted by molar-refractivity contribution is 7.13. The zero-order chi connectivity index (χ0) is 14.8. The van der Waals surface area contributed by atoms with Gasteiger partial charge in [0.2, 0.25) is 0 Å². The molecule has 0 saturated heterocycles. The van der Waals surface area contributed by atoms with E-state index < -0.39 is 0 Å². The van der Waals surface area contributed by atoms with E-state index in [0.717, 1.165) is 37.0 Å². The molecule has 1 heterocycles. The monoisotopic (exact) mass is 299 g/mol. The number of nitrogens with one attached hydrogen (secondary N) is 1. The molecule has 20 heavy (non-hydrogen) atoms. The first-order valence-corrected chi connectivity index (χ1v) is 8.13. The van der Waals surface area contributed by atoms with Gasteiger partial charge in [0, 0.05) is 24.9 Å². The molecule has 0 aliphatic heterocycles. The van der Waals surface area contributed by atoms with Crippen LogP contribution in [0, 0.1) is 0 Å². The lowest BCUT2D eigenvalue weighted by Crippen LogP contribution is -2.28. The van der Waals surface area contributed by atoms with Crippen molar-refractivity contribution in [2.24, 2.45) is 0 Å². The maximum atomic E-state index is 11.3. The van der Waals surface area contributed by atoms with Crippen LogP contribution >= 0.6 is 11.3 Å². The first-order chi connectivity index (χ1) is 9.69. The molecule has 6 heteroatoms. The number of carbonyl (C=O) groups is 1. The minimum Gasteiger partial charge on any atom is -0.466 e. The van der Waals surface area contributed by atoms with Crippen LogP contribution in [0.1, 0.15) is 32.9 Å². The fourth-order valence-electron chi connectivity index (χ4n) is 1.83. The molecule has 0 amide bonds. The molecule has 1 aromatic heterocycles. The normalized spacial score (nSPS) is 10.8. The molecule has 0 unspecified atom stereocenters. The quantitative estimate of drug-likeness (QED) is 0.672. The highest BCUT2D eigenvalue weighted by Gasteiger charge is 2.06. The van der Waals surface area contributed by atoms with E-state index in [4.69, 9.17) is 4.74 Å². The number of aryl methyl sites for hydroxylation is 1. The molecule has 0 atom stereocenters. The van der Waals surface area contributed by atoms with Crippen LogP contribution in [-0.2, 0) is 16.0 Å². The molecule has 5 nitrogen and oxygen atoms in total. The standard InChI is InChI=1S/C14H25N3O2S/c1-4-17(5-2)10-9-15-14-16-12(11-20-14)7-8-13(18)19-6-3/h11H,4-10H2,1-3H3,(H,15,16). The van der Waals surface area contributed by atoms with Gasteiger partial charge in [-0.1, -0.05) is 13.8 Å². The Hall–Kier alpha value is -1.14. The van der Waals surface area contributed by atoms with Crippen molar-refractivity contribution >= 4 is 22.4 Å². The number of nitrogens with zero attached hydrogens (tertiary/aromatic N) is 2. The lowest BCUT2D eigenvalue weighted by molar-refractivity contribution is -0.143. The number of rotatable bonds is 10. The molecule has 0 fully saturated rings. The van der Waals surface area contributed by atoms with E-state index in [9.17, 15) is 4.79 Å². The van der Waals surface area contributed by atoms with E-state index in [1.54, 1.807) is 11.3 Å². The van der Waals surface area contributed by atoms with Crippen molar-refractivity contribution in [2.75, 3.05) is 38.1 Å². The number of thiazole rings is 1. The molecule has 0 aliphatic rings. The third-order valence-electron chi connectivity index (χ3n) is 3.04. The summed E-state index contributed by atoms with van der Waals surface area (Å²) < 4.78 is 4.90. The third-order valence-corrected chi connectivity index (χ3v) is 3.89. The Labute approximate surface area is 125 Å². The average molecular weight is 299 g/mol. The first-order valence-electron chi connectivity index (χ1n) is 7.25. The van der Waals surface area contributed by atoms with Crippen molar-refractivity contribution in [2.45, 2.75) is 33.6 Å². The van der Waals surface area contributed by atoms with Gasteiger partial charge in [0.25, 0.3) is 0 Å². The number of esters is 1. The van der Waals surface area contributed by atoms with Crippen LogP contribution in [0.2, 0.25) is 0 Å². The van der Waals surface area contributed by atoms with E-state index in [-0.39, 0.29) is 5.97 Å². The Kier molecular flexibility index (Phi) is 8.22. The molecule has 1 rings (SSSR count). The summed E-state index contributed by atoms with van der Waals surface area (Å²) in [4.78, 5) is 18.1. The second-order valence-electron chi connectivity index (χ2n) is 4.40. The molecular formula is C14H25N3O2S. The van der Waals surface area contributed by atoms with Crippen LogP contribution in [0.15, 0.2) is 5.38 Å². The minimum absolute atomic E-state index is 0.156. The second kappa shape index (κ2) is 9.72. The fraction of sp³-hybridized carbons (Fsp3) is 0.714. The molecule has 1 aromatic rings. The number of ether oxygens (including phenoxy) is 1. The van der Waals surface area contributed by atoms with Crippen molar-refractivity contribution in [3.8, 4) is 0 Å². The van der Waals surface area contributed by atoms with Gasteiger partial charge in [0.1, 0.15) is 0 Å². The fourth-order valence-corrected chi connectivity index (χ4v) is 2.60. The molecule has 1 N–H and O–H groups in total. The van der Waals surface area contributed by atoms with Crippen molar-refractivity contribution in [1.82, 2.24) is 9.88 Å². The van der Waals surface area contributed by atoms with Crippen molar-refractivity contribution in [1.29, 1.82) is 0 Å². The zero-order valence-electron chi connectivity index (χ0n) is 12.6. The van der Waals surface area contributed by atoms with Crippen molar-refractivity contribution in [3.05, 3.63) is 11.1 Å². The van der Waals surface area contributed by atoms with Gasteiger partial charge in [-0.25, -0.2) is 4.98 Å². The summed E-state index contributed by atoms with van der Waals surface area (Å²) in [6.07, 6.45) is 1.05.